The third-order valence-corrected chi connectivity index (χ3v) is 4.17. The van der Waals surface area contributed by atoms with Crippen molar-refractivity contribution in [3.63, 3.8) is 0 Å². The van der Waals surface area contributed by atoms with Gasteiger partial charge in [-0.25, -0.2) is 0 Å². The van der Waals surface area contributed by atoms with Crippen LogP contribution >= 0.6 is 0 Å². The molecule has 0 saturated heterocycles. The van der Waals surface area contributed by atoms with Gasteiger partial charge >= 0.3 is 0 Å². The zero-order valence-electron chi connectivity index (χ0n) is 15.3. The van der Waals surface area contributed by atoms with E-state index in [0.717, 1.165) is 5.56 Å². The summed E-state index contributed by atoms with van der Waals surface area (Å²) in [7, 11) is 3.32. The van der Waals surface area contributed by atoms with Crippen molar-refractivity contribution in [3.8, 4) is 6.07 Å². The van der Waals surface area contributed by atoms with Crippen LogP contribution in [0.1, 0.15) is 39.6 Å². The Morgan fingerprint density at radius 2 is 1.73 bits per heavy atom. The number of nitriles is 1. The van der Waals surface area contributed by atoms with Gasteiger partial charge in [0.1, 0.15) is 5.54 Å². The second-order valence-corrected chi connectivity index (χ2v) is 6.66. The highest BCUT2D eigenvalue weighted by molar-refractivity contribution is 5.99. The van der Waals surface area contributed by atoms with E-state index in [1.165, 1.54) is 4.90 Å². The fraction of sp³-hybridized carbons (Fsp3) is 0.286. The van der Waals surface area contributed by atoms with Crippen molar-refractivity contribution in [2.75, 3.05) is 14.1 Å². The fourth-order valence-electron chi connectivity index (χ4n) is 2.56. The average Bonchev–Trinajstić information content (AvgIpc) is 2.66. The minimum absolute atomic E-state index is 0.174. The van der Waals surface area contributed by atoms with Crippen LogP contribution in [0.2, 0.25) is 0 Å². The number of hydrogen-bond acceptors (Lipinski definition) is 3. The highest BCUT2D eigenvalue weighted by atomic mass is 16.2. The molecule has 0 aromatic heterocycles. The van der Waals surface area contributed by atoms with Crippen LogP contribution in [-0.4, -0.2) is 36.3 Å². The van der Waals surface area contributed by atoms with Gasteiger partial charge in [0, 0.05) is 25.2 Å². The second kappa shape index (κ2) is 8.30. The first-order valence-electron chi connectivity index (χ1n) is 8.44. The number of rotatable bonds is 6. The summed E-state index contributed by atoms with van der Waals surface area (Å²) < 4.78 is 0. The highest BCUT2D eigenvalue weighted by Crippen LogP contribution is 2.15. The number of hydrogen-bond donors (Lipinski definition) is 1. The van der Waals surface area contributed by atoms with Crippen molar-refractivity contribution in [1.29, 1.82) is 5.26 Å². The summed E-state index contributed by atoms with van der Waals surface area (Å²) in [6.07, 6.45) is 1.18. The number of nitrogens with zero attached hydrogens (tertiary/aromatic N) is 2. The first-order valence-corrected chi connectivity index (χ1v) is 8.44. The van der Waals surface area contributed by atoms with Gasteiger partial charge in [0.2, 0.25) is 0 Å². The van der Waals surface area contributed by atoms with Crippen molar-refractivity contribution in [3.05, 3.63) is 71.3 Å². The van der Waals surface area contributed by atoms with Crippen molar-refractivity contribution < 1.29 is 9.59 Å². The predicted molar refractivity (Wildman–Crippen MR) is 101 cm³/mol. The lowest BCUT2D eigenvalue weighted by Crippen LogP contribution is -2.45. The van der Waals surface area contributed by atoms with E-state index in [-0.39, 0.29) is 11.8 Å². The Labute approximate surface area is 154 Å². The van der Waals surface area contributed by atoms with Gasteiger partial charge in [-0.15, -0.1) is 0 Å². The molecule has 0 saturated carbocycles. The fourth-order valence-corrected chi connectivity index (χ4v) is 2.56. The molecule has 134 valence electrons. The van der Waals surface area contributed by atoms with Crippen LogP contribution in [0, 0.1) is 11.3 Å². The number of carbonyl (C=O) groups excluding carboxylic acids is 2. The molecule has 5 nitrogen and oxygen atoms in total. The minimum atomic E-state index is -0.992. The van der Waals surface area contributed by atoms with Gasteiger partial charge < -0.3 is 10.2 Å². The van der Waals surface area contributed by atoms with E-state index < -0.39 is 5.54 Å². The molecular formula is C21H23N3O2. The average molecular weight is 349 g/mol. The number of benzene rings is 2. The number of aryl methyl sites for hydroxylation is 1. The number of nitrogens with one attached hydrogen (secondary N) is 1. The zero-order chi connectivity index (χ0) is 19.2. The van der Waals surface area contributed by atoms with Gasteiger partial charge in [-0.2, -0.15) is 5.26 Å². The molecule has 0 aliphatic heterocycles. The van der Waals surface area contributed by atoms with Gasteiger partial charge in [0.25, 0.3) is 11.8 Å². The van der Waals surface area contributed by atoms with Crippen LogP contribution in [0.5, 0.6) is 0 Å². The molecule has 0 spiro atoms. The first kappa shape index (κ1) is 19.2. The molecule has 1 atom stereocenters. The third kappa shape index (κ3) is 4.93. The maximum Gasteiger partial charge on any atom is 0.253 e. The van der Waals surface area contributed by atoms with E-state index in [9.17, 15) is 14.9 Å². The Kier molecular flexibility index (Phi) is 6.13. The van der Waals surface area contributed by atoms with Crippen molar-refractivity contribution >= 4 is 11.8 Å². The monoisotopic (exact) mass is 349 g/mol. The Hall–Kier alpha value is -3.13. The first-order chi connectivity index (χ1) is 12.3. The summed E-state index contributed by atoms with van der Waals surface area (Å²) in [5, 5.41) is 12.3. The molecule has 2 rings (SSSR count). The standard InChI is InChI=1S/C21H23N3O2/c1-21(15-22,13-12-16-8-5-4-6-9-16)23-19(25)17-10-7-11-18(14-17)20(26)24(2)3/h4-11,14H,12-13H2,1-3H3,(H,23,25). The zero-order valence-corrected chi connectivity index (χ0v) is 15.3. The van der Waals surface area contributed by atoms with Crippen LogP contribution in [0.25, 0.3) is 0 Å². The largest absolute Gasteiger partial charge is 0.345 e. The van der Waals surface area contributed by atoms with Crippen molar-refractivity contribution in [1.82, 2.24) is 10.2 Å². The van der Waals surface area contributed by atoms with Crippen molar-refractivity contribution in [2.24, 2.45) is 0 Å². The third-order valence-electron chi connectivity index (χ3n) is 4.17. The van der Waals surface area contributed by atoms with E-state index in [4.69, 9.17) is 0 Å². The Balaban J connectivity index is 2.10. The van der Waals surface area contributed by atoms with Gasteiger partial charge in [0.05, 0.1) is 6.07 Å². The lowest BCUT2D eigenvalue weighted by Gasteiger charge is -2.23. The molecule has 5 heteroatoms. The molecule has 2 amide bonds. The summed E-state index contributed by atoms with van der Waals surface area (Å²) in [4.78, 5) is 26.1. The van der Waals surface area contributed by atoms with Crippen LogP contribution in [0.3, 0.4) is 0 Å². The summed E-state index contributed by atoms with van der Waals surface area (Å²) in [6, 6.07) is 18.5. The maximum absolute atomic E-state index is 12.6. The van der Waals surface area contributed by atoms with Crippen LogP contribution < -0.4 is 5.32 Å². The molecule has 1 N–H and O–H groups in total. The topological polar surface area (TPSA) is 73.2 Å². The highest BCUT2D eigenvalue weighted by Gasteiger charge is 2.26. The van der Waals surface area contributed by atoms with Crippen LogP contribution in [0.15, 0.2) is 54.6 Å². The lowest BCUT2D eigenvalue weighted by molar-refractivity contribution is 0.0827. The molecular weight excluding hydrogens is 326 g/mol. The van der Waals surface area contributed by atoms with E-state index in [1.54, 1.807) is 45.3 Å². The van der Waals surface area contributed by atoms with E-state index in [0.29, 0.717) is 24.0 Å². The molecule has 2 aromatic carbocycles. The molecule has 0 radical (unpaired) electrons. The number of carbonyl (C=O) groups is 2. The lowest BCUT2D eigenvalue weighted by atomic mass is 9.94. The van der Waals surface area contributed by atoms with Gasteiger partial charge in [-0.05, 0) is 43.5 Å². The van der Waals surface area contributed by atoms with Crippen molar-refractivity contribution in [2.45, 2.75) is 25.3 Å². The van der Waals surface area contributed by atoms with E-state index >= 15 is 0 Å². The molecule has 1 unspecified atom stereocenters. The molecule has 0 bridgehead atoms. The second-order valence-electron chi connectivity index (χ2n) is 6.66. The summed E-state index contributed by atoms with van der Waals surface area (Å²) in [5.74, 6) is -0.540. The summed E-state index contributed by atoms with van der Waals surface area (Å²) >= 11 is 0. The van der Waals surface area contributed by atoms with E-state index in [1.807, 2.05) is 30.3 Å². The molecule has 0 aliphatic carbocycles. The smallest absolute Gasteiger partial charge is 0.253 e. The van der Waals surface area contributed by atoms with E-state index in [2.05, 4.69) is 11.4 Å². The van der Waals surface area contributed by atoms with Gasteiger partial charge in [-0.3, -0.25) is 9.59 Å². The quantitative estimate of drug-likeness (QED) is 0.871. The molecule has 0 aliphatic rings. The minimum Gasteiger partial charge on any atom is -0.345 e. The van der Waals surface area contributed by atoms with Crippen LogP contribution in [-0.2, 0) is 6.42 Å². The summed E-state index contributed by atoms with van der Waals surface area (Å²) in [5.41, 5.74) is 0.917. The Morgan fingerprint density at radius 3 is 2.35 bits per heavy atom. The van der Waals surface area contributed by atoms with Gasteiger partial charge in [-0.1, -0.05) is 36.4 Å². The Bertz CT molecular complexity index is 825. The Morgan fingerprint density at radius 1 is 1.08 bits per heavy atom. The molecule has 0 heterocycles. The van der Waals surface area contributed by atoms with Gasteiger partial charge in [0.15, 0.2) is 0 Å². The predicted octanol–water partition coefficient (Wildman–Crippen LogP) is 3.03. The molecule has 26 heavy (non-hydrogen) atoms. The normalized spacial score (nSPS) is 12.5. The molecule has 0 fully saturated rings. The summed E-state index contributed by atoms with van der Waals surface area (Å²) in [6.45, 7) is 1.71. The molecule has 2 aromatic rings. The number of amides is 2. The SMILES string of the molecule is CN(C)C(=O)c1cccc(C(=O)NC(C)(C#N)CCc2ccccc2)c1. The van der Waals surface area contributed by atoms with Crippen LogP contribution in [0.4, 0.5) is 0 Å². The maximum atomic E-state index is 12.6.